The molecule has 0 saturated carbocycles. The van der Waals surface area contributed by atoms with Crippen molar-refractivity contribution in [2.75, 3.05) is 16.4 Å². The highest BCUT2D eigenvalue weighted by Crippen LogP contribution is 2.61. The van der Waals surface area contributed by atoms with Gasteiger partial charge in [0.25, 0.3) is 0 Å². The number of rotatable bonds is 19. The van der Waals surface area contributed by atoms with Crippen LogP contribution in [0.25, 0.3) is 16.7 Å². The number of allylic oxidation sites excluding steroid dienone is 24. The Labute approximate surface area is 552 Å². The number of fused-ring (bicyclic) bond motifs is 6. The lowest BCUT2D eigenvalue weighted by atomic mass is 9.60. The van der Waals surface area contributed by atoms with Gasteiger partial charge in [-0.2, -0.15) is 0 Å². The van der Waals surface area contributed by atoms with E-state index in [0.29, 0.717) is 47.7 Å². The summed E-state index contributed by atoms with van der Waals surface area (Å²) in [5.41, 5.74) is 28.0. The van der Waals surface area contributed by atoms with E-state index in [-0.39, 0.29) is 11.5 Å². The lowest BCUT2D eigenvalue weighted by Crippen LogP contribution is -2.45. The predicted octanol–water partition coefficient (Wildman–Crippen LogP) is 23.4. The first-order valence-corrected chi connectivity index (χ1v) is 36.2. The van der Waals surface area contributed by atoms with Crippen molar-refractivity contribution >= 4 is 22.6 Å². The summed E-state index contributed by atoms with van der Waals surface area (Å²) < 4.78 is 6.89. The molecule has 4 aromatic rings. The molecule has 10 atom stereocenters. The van der Waals surface area contributed by atoms with E-state index >= 15 is 0 Å². The van der Waals surface area contributed by atoms with Crippen molar-refractivity contribution in [3.63, 3.8) is 0 Å². The van der Waals surface area contributed by atoms with E-state index in [2.05, 4.69) is 231 Å². The van der Waals surface area contributed by atoms with Gasteiger partial charge < -0.3 is 14.5 Å². The molecule has 1 heterocycles. The molecule has 15 rings (SSSR count). The SMILES string of the molecule is C=CC1=CC=C(C2CC=C3C(C2)c2cc(-c4ccc(N(C5C=C6C(=CC5)c5ccccc5C6(CC(C)CCC(C)COC5CCC6=C(CCC(C7=CCC(C=C)C=C7)=C6)C5)C5CC=CCC5)C5CC=C(C6=CC=CCC6)CC5)cc4)ccc2N3c2ccccc2)CC1. The molecule has 0 saturated heterocycles. The Morgan fingerprint density at radius 1 is 0.707 bits per heavy atom. The summed E-state index contributed by atoms with van der Waals surface area (Å²) in [6, 6.07) is 38.7. The fourth-order valence-electron chi connectivity index (χ4n) is 18.8. The first kappa shape index (κ1) is 60.8. The third-order valence-corrected chi connectivity index (χ3v) is 23.8. The van der Waals surface area contributed by atoms with Crippen LogP contribution in [0.15, 0.2) is 269 Å². The van der Waals surface area contributed by atoms with Gasteiger partial charge in [0.2, 0.25) is 0 Å². The van der Waals surface area contributed by atoms with E-state index in [4.69, 9.17) is 4.74 Å². The molecule has 11 aliphatic rings. The van der Waals surface area contributed by atoms with E-state index in [1.807, 2.05) is 6.08 Å². The summed E-state index contributed by atoms with van der Waals surface area (Å²) in [6.45, 7) is 14.0. The molecule has 470 valence electrons. The molecular formula is C89H98N2O. The Hall–Kier alpha value is -7.46. The molecule has 4 aromatic carbocycles. The number of anilines is 3. The van der Waals surface area contributed by atoms with E-state index in [0.717, 1.165) is 109 Å². The number of para-hydroxylation sites is 1. The zero-order valence-corrected chi connectivity index (χ0v) is 55.2. The molecular weight excluding hydrogens is 1110 g/mol. The number of benzene rings is 4. The summed E-state index contributed by atoms with van der Waals surface area (Å²) in [5, 5.41) is 0. The Balaban J connectivity index is 0.701. The summed E-state index contributed by atoms with van der Waals surface area (Å²) in [4.78, 5) is 5.48. The second-order valence-electron chi connectivity index (χ2n) is 29.4. The lowest BCUT2D eigenvalue weighted by Gasteiger charge is -2.46. The van der Waals surface area contributed by atoms with Crippen molar-refractivity contribution in [3.8, 4) is 11.1 Å². The fourth-order valence-corrected chi connectivity index (χ4v) is 18.8. The van der Waals surface area contributed by atoms with Gasteiger partial charge in [0.15, 0.2) is 0 Å². The van der Waals surface area contributed by atoms with Crippen LogP contribution in [0.4, 0.5) is 17.1 Å². The van der Waals surface area contributed by atoms with Crippen LogP contribution in [0.3, 0.4) is 0 Å². The number of hydrogen-bond donors (Lipinski definition) is 0. The van der Waals surface area contributed by atoms with Gasteiger partial charge >= 0.3 is 0 Å². The average Bonchev–Trinajstić information content (AvgIpc) is 1.55. The second-order valence-corrected chi connectivity index (χ2v) is 29.4. The zero-order chi connectivity index (χ0) is 62.1. The maximum absolute atomic E-state index is 6.89. The standard InChI is InChI=1S/C89H98N2O/c1-5-63-28-32-67(33-29-63)70-36-37-72-55-80(50-42-71(72)54-70)92-60-62(4)27-26-61(3)59-89(75-20-12-8-13-21-75)85-25-17-16-24-81(85)82-51-49-79(58-86(82)89)90(77-45-38-66(39-46-77)65-18-10-7-11-19-65)78-47-40-69(41-48-78)74-44-53-88-84(57-74)83-56-73(68-34-30-64(6-2)31-35-68)43-52-87(83)91(88)76-22-14-9-15-23-76/h5-10,12,14-18,22-25,28,30,32-34,38,40-41,44,47-48,51-54,57-58,61-63,73,75,77,79-80,83H,1-2,11,13,19-21,26-27,29,31,35-37,39,42-43,45-46,49-50,55-56,59-60H2,3-4H3. The highest BCUT2D eigenvalue weighted by Gasteiger charge is 2.52. The molecule has 0 fully saturated rings. The van der Waals surface area contributed by atoms with E-state index in [9.17, 15) is 0 Å². The fraction of sp³-hybridized carbons (Fsp3) is 0.393. The molecule has 0 spiro atoms. The maximum atomic E-state index is 6.89. The zero-order valence-electron chi connectivity index (χ0n) is 55.2. The van der Waals surface area contributed by atoms with Crippen molar-refractivity contribution in [2.45, 2.75) is 185 Å². The summed E-state index contributed by atoms with van der Waals surface area (Å²) >= 11 is 0. The topological polar surface area (TPSA) is 15.7 Å². The lowest BCUT2D eigenvalue weighted by molar-refractivity contribution is 0.0215. The van der Waals surface area contributed by atoms with E-state index in [1.165, 1.54) is 106 Å². The van der Waals surface area contributed by atoms with Crippen molar-refractivity contribution in [3.05, 3.63) is 286 Å². The average molecular weight is 1210 g/mol. The Kier molecular flexibility index (Phi) is 17.7. The maximum Gasteiger partial charge on any atom is 0.0615 e. The van der Waals surface area contributed by atoms with E-state index in [1.54, 1.807) is 39.0 Å². The third-order valence-electron chi connectivity index (χ3n) is 23.8. The minimum absolute atomic E-state index is 0.0443. The summed E-state index contributed by atoms with van der Waals surface area (Å²) in [7, 11) is 0. The first-order chi connectivity index (χ1) is 45.3. The minimum atomic E-state index is -0.0443. The number of nitrogens with zero attached hydrogens (tertiary/aromatic N) is 2. The minimum Gasteiger partial charge on any atom is -0.378 e. The van der Waals surface area contributed by atoms with Gasteiger partial charge in [-0.15, -0.1) is 6.58 Å². The van der Waals surface area contributed by atoms with Crippen LogP contribution in [-0.4, -0.2) is 24.8 Å². The summed E-state index contributed by atoms with van der Waals surface area (Å²) in [5.74, 6) is 3.03. The molecule has 0 aromatic heterocycles. The Morgan fingerprint density at radius 2 is 1.58 bits per heavy atom. The quantitative estimate of drug-likeness (QED) is 0.0871. The number of ether oxygens (including phenoxy) is 1. The second kappa shape index (κ2) is 26.9. The third kappa shape index (κ3) is 12.0. The van der Waals surface area contributed by atoms with Gasteiger partial charge in [0.05, 0.1) is 12.1 Å². The molecule has 1 aliphatic heterocycles. The van der Waals surface area contributed by atoms with Gasteiger partial charge in [0.1, 0.15) is 0 Å². The van der Waals surface area contributed by atoms with E-state index < -0.39 is 0 Å². The van der Waals surface area contributed by atoms with Gasteiger partial charge in [-0.05, 0) is 273 Å². The smallest absolute Gasteiger partial charge is 0.0615 e. The van der Waals surface area contributed by atoms with Crippen molar-refractivity contribution in [1.29, 1.82) is 0 Å². The molecule has 0 radical (unpaired) electrons. The van der Waals surface area contributed by atoms with Gasteiger partial charge in [-0.25, -0.2) is 0 Å². The van der Waals surface area contributed by atoms with Crippen LogP contribution in [-0.2, 0) is 10.2 Å². The summed E-state index contributed by atoms with van der Waals surface area (Å²) in [6.07, 6.45) is 66.8. The Morgan fingerprint density at radius 3 is 2.36 bits per heavy atom. The first-order valence-electron chi connectivity index (χ1n) is 36.2. The Bertz CT molecular complexity index is 3910. The van der Waals surface area contributed by atoms with Crippen molar-refractivity contribution in [1.82, 2.24) is 0 Å². The van der Waals surface area contributed by atoms with Crippen LogP contribution in [0.2, 0.25) is 0 Å². The number of hydrogen-bond acceptors (Lipinski definition) is 3. The molecule has 0 amide bonds. The normalized spacial score (nSPS) is 27.8. The van der Waals surface area contributed by atoms with Crippen molar-refractivity contribution < 1.29 is 4.74 Å². The predicted molar refractivity (Wildman–Crippen MR) is 389 cm³/mol. The molecule has 3 heteroatoms. The molecule has 10 unspecified atom stereocenters. The van der Waals surface area contributed by atoms with Crippen LogP contribution in [0.5, 0.6) is 0 Å². The highest BCUT2D eigenvalue weighted by atomic mass is 16.5. The largest absolute Gasteiger partial charge is 0.378 e. The molecule has 0 N–H and O–H groups in total. The van der Waals surface area contributed by atoms with Gasteiger partial charge in [0, 0.05) is 46.7 Å². The van der Waals surface area contributed by atoms with Crippen LogP contribution < -0.4 is 9.80 Å². The van der Waals surface area contributed by atoms with Crippen LogP contribution in [0.1, 0.15) is 178 Å². The molecule has 3 nitrogen and oxygen atoms in total. The van der Waals surface area contributed by atoms with Crippen LogP contribution in [0, 0.1) is 29.6 Å². The molecule has 10 aliphatic carbocycles. The monoisotopic (exact) mass is 1210 g/mol. The molecule has 92 heavy (non-hydrogen) atoms. The van der Waals surface area contributed by atoms with Gasteiger partial charge in [-0.1, -0.05) is 202 Å². The highest BCUT2D eigenvalue weighted by molar-refractivity contribution is 5.91. The van der Waals surface area contributed by atoms with Gasteiger partial charge in [-0.3, -0.25) is 0 Å². The van der Waals surface area contributed by atoms with Crippen molar-refractivity contribution in [2.24, 2.45) is 29.6 Å². The molecule has 0 bridgehead atoms. The van der Waals surface area contributed by atoms with Crippen LogP contribution >= 0.6 is 0 Å².